The van der Waals surface area contributed by atoms with E-state index in [0.717, 1.165) is 47.7 Å². The Morgan fingerprint density at radius 3 is 2.45 bits per heavy atom. The van der Waals surface area contributed by atoms with Crippen molar-refractivity contribution in [2.24, 2.45) is 5.92 Å². The average Bonchev–Trinajstić information content (AvgIpc) is 3.65. The topological polar surface area (TPSA) is 189 Å². The standard InChI is InChI=1S/C38H47N7O8S2/c1-44(2)55(50,51)43-36(48)38-22-24(38)13-6-4-3-5-7-18-29(41-37(49)53-25-14-8-9-15-25)35(47)45-23-26(21-30(45)33(46)42-38)52-34-32(31-19-12-20-54-31)39-27-16-10-11-17-28(27)40-34/h6,10-13,16-17,19-20,24-26,29-30H,3-5,7-9,14-15,18,21-23H2,1-2H3,(H,41,49)(H,42,46)(H,43,48)/b13-6-/t24?,26-,29-,30+,38-/m1/s1. The molecule has 55 heavy (non-hydrogen) atoms. The molecule has 2 aliphatic carbocycles. The minimum atomic E-state index is -4.17. The third kappa shape index (κ3) is 8.63. The molecular weight excluding hydrogens is 747 g/mol. The molecule has 0 spiro atoms. The molecule has 0 radical (unpaired) electrons. The van der Waals surface area contributed by atoms with E-state index < -0.39 is 63.7 Å². The van der Waals surface area contributed by atoms with Gasteiger partial charge < -0.3 is 25.0 Å². The number of benzene rings is 1. The van der Waals surface area contributed by atoms with Gasteiger partial charge in [-0.05, 0) is 74.9 Å². The first-order chi connectivity index (χ1) is 26.4. The fourth-order valence-electron chi connectivity index (χ4n) is 7.60. The second-order valence-corrected chi connectivity index (χ2v) is 17.7. The Kier molecular flexibility index (Phi) is 11.4. The molecule has 2 aliphatic heterocycles. The highest BCUT2D eigenvalue weighted by molar-refractivity contribution is 7.87. The Labute approximate surface area is 324 Å². The van der Waals surface area contributed by atoms with Crippen molar-refractivity contribution in [1.82, 2.24) is 34.5 Å². The molecule has 1 saturated heterocycles. The number of nitrogens with zero attached hydrogens (tertiary/aromatic N) is 4. The van der Waals surface area contributed by atoms with Crippen molar-refractivity contribution in [2.75, 3.05) is 20.6 Å². The molecule has 3 fully saturated rings. The van der Waals surface area contributed by atoms with Crippen molar-refractivity contribution < 1.29 is 37.1 Å². The lowest BCUT2D eigenvalue weighted by molar-refractivity contribution is -0.141. The number of hydrogen-bond acceptors (Lipinski definition) is 11. The molecule has 1 aromatic carbocycles. The number of alkyl carbamates (subject to hydrolysis) is 1. The van der Waals surface area contributed by atoms with Crippen molar-refractivity contribution in [3.05, 3.63) is 53.9 Å². The quantitative estimate of drug-likeness (QED) is 0.281. The zero-order valence-corrected chi connectivity index (χ0v) is 32.6. The van der Waals surface area contributed by atoms with Crippen LogP contribution in [0.1, 0.15) is 70.6 Å². The van der Waals surface area contributed by atoms with Crippen LogP contribution in [0, 0.1) is 5.92 Å². The molecule has 1 unspecified atom stereocenters. The molecule has 294 valence electrons. The molecule has 3 aromatic rings. The van der Waals surface area contributed by atoms with Crippen molar-refractivity contribution in [2.45, 2.75) is 100 Å². The van der Waals surface area contributed by atoms with Gasteiger partial charge in [0.15, 0.2) is 0 Å². The van der Waals surface area contributed by atoms with E-state index in [0.29, 0.717) is 36.0 Å². The van der Waals surface area contributed by atoms with Gasteiger partial charge >= 0.3 is 16.3 Å². The van der Waals surface area contributed by atoms with Crippen LogP contribution in [0.4, 0.5) is 4.79 Å². The summed E-state index contributed by atoms with van der Waals surface area (Å²) in [5.41, 5.74) is 0.258. The van der Waals surface area contributed by atoms with E-state index in [9.17, 15) is 27.6 Å². The zero-order valence-electron chi connectivity index (χ0n) is 30.9. The van der Waals surface area contributed by atoms with Gasteiger partial charge in [0.2, 0.25) is 17.7 Å². The van der Waals surface area contributed by atoms with Crippen molar-refractivity contribution in [1.29, 1.82) is 0 Å². The molecule has 4 amide bonds. The number of thiophene rings is 1. The molecule has 2 saturated carbocycles. The lowest BCUT2D eigenvalue weighted by atomic mass is 10.0. The van der Waals surface area contributed by atoms with Crippen LogP contribution >= 0.6 is 11.3 Å². The number of rotatable bonds is 8. The SMILES string of the molecule is CN(C)S(=O)(=O)NC(=O)[C@@]12CC1/C=C\CCCCC[C@@H](NC(=O)OC1CCCC1)C(=O)N1C[C@H](Oc3nc4ccccc4nc3-c3cccs3)C[C@H]1C(=O)N2. The maximum absolute atomic E-state index is 14.6. The monoisotopic (exact) mass is 793 g/mol. The third-order valence-electron chi connectivity index (χ3n) is 10.8. The van der Waals surface area contributed by atoms with E-state index >= 15 is 0 Å². The summed E-state index contributed by atoms with van der Waals surface area (Å²) in [6.45, 7) is -0.0251. The second-order valence-electron chi connectivity index (χ2n) is 14.9. The van der Waals surface area contributed by atoms with Gasteiger partial charge in [-0.2, -0.15) is 12.7 Å². The first-order valence-corrected chi connectivity index (χ1v) is 21.2. The molecule has 4 heterocycles. The molecule has 17 heteroatoms. The Bertz CT molecular complexity index is 2050. The minimum absolute atomic E-state index is 0.0251. The van der Waals surface area contributed by atoms with Crippen molar-refractivity contribution in [3.63, 3.8) is 0 Å². The van der Waals surface area contributed by atoms with Crippen LogP contribution in [0.2, 0.25) is 0 Å². The fourth-order valence-corrected chi connectivity index (χ4v) is 8.90. The highest BCUT2D eigenvalue weighted by Crippen LogP contribution is 2.46. The predicted octanol–water partition coefficient (Wildman–Crippen LogP) is 4.06. The summed E-state index contributed by atoms with van der Waals surface area (Å²) in [5.74, 6) is -2.20. The number of fused-ring (bicyclic) bond motifs is 3. The first-order valence-electron chi connectivity index (χ1n) is 18.9. The van der Waals surface area contributed by atoms with E-state index in [-0.39, 0.29) is 31.4 Å². The van der Waals surface area contributed by atoms with E-state index in [2.05, 4.69) is 15.4 Å². The van der Waals surface area contributed by atoms with Crippen LogP contribution in [0.3, 0.4) is 0 Å². The number of aromatic nitrogens is 2. The lowest BCUT2D eigenvalue weighted by Crippen LogP contribution is -2.58. The lowest BCUT2D eigenvalue weighted by Gasteiger charge is -2.30. The number of carbonyl (C=O) groups is 4. The van der Waals surface area contributed by atoms with Gasteiger partial charge in [0.05, 0.1) is 22.5 Å². The van der Waals surface area contributed by atoms with Crippen LogP contribution < -0.4 is 20.1 Å². The Morgan fingerprint density at radius 1 is 0.982 bits per heavy atom. The van der Waals surface area contributed by atoms with E-state index in [4.69, 9.17) is 19.4 Å². The maximum atomic E-state index is 14.6. The van der Waals surface area contributed by atoms with Gasteiger partial charge in [0, 0.05) is 26.4 Å². The van der Waals surface area contributed by atoms with E-state index in [1.807, 2.05) is 53.9 Å². The summed E-state index contributed by atoms with van der Waals surface area (Å²) in [5, 5.41) is 7.60. The number of ether oxygens (including phenoxy) is 2. The Balaban J connectivity index is 1.21. The Hall–Kier alpha value is -4.61. The van der Waals surface area contributed by atoms with Gasteiger partial charge in [-0.1, -0.05) is 43.2 Å². The number of carbonyl (C=O) groups excluding carboxylic acids is 4. The van der Waals surface area contributed by atoms with Gasteiger partial charge in [0.25, 0.3) is 5.91 Å². The summed E-state index contributed by atoms with van der Waals surface area (Å²) in [7, 11) is -1.57. The number of amides is 4. The van der Waals surface area contributed by atoms with Gasteiger partial charge in [-0.3, -0.25) is 14.4 Å². The number of hydrogen-bond donors (Lipinski definition) is 3. The van der Waals surface area contributed by atoms with Gasteiger partial charge in [-0.15, -0.1) is 11.3 Å². The molecule has 4 aliphatic rings. The minimum Gasteiger partial charge on any atom is -0.471 e. The number of nitrogens with one attached hydrogen (secondary N) is 3. The zero-order chi connectivity index (χ0) is 38.7. The molecule has 15 nitrogen and oxygen atoms in total. The normalized spacial score (nSPS) is 27.0. The average molecular weight is 794 g/mol. The van der Waals surface area contributed by atoms with Gasteiger partial charge in [0.1, 0.15) is 35.5 Å². The van der Waals surface area contributed by atoms with E-state index in [1.165, 1.54) is 30.3 Å². The Morgan fingerprint density at radius 2 is 1.73 bits per heavy atom. The van der Waals surface area contributed by atoms with Gasteiger partial charge in [-0.25, -0.2) is 19.5 Å². The molecule has 3 N–H and O–H groups in total. The van der Waals surface area contributed by atoms with Crippen molar-refractivity contribution in [3.8, 4) is 16.5 Å². The molecule has 7 rings (SSSR count). The fraction of sp³-hybridized carbons (Fsp3) is 0.526. The third-order valence-corrected chi connectivity index (χ3v) is 13.1. The number of para-hydroxylation sites is 2. The summed E-state index contributed by atoms with van der Waals surface area (Å²) in [6.07, 6.45) is 9.06. The molecular formula is C38H47N7O8S2. The van der Waals surface area contributed by atoms with Crippen LogP contribution in [0.25, 0.3) is 21.6 Å². The van der Waals surface area contributed by atoms with Crippen LogP contribution in [-0.2, 0) is 29.3 Å². The second kappa shape index (κ2) is 16.2. The predicted molar refractivity (Wildman–Crippen MR) is 205 cm³/mol. The largest absolute Gasteiger partial charge is 0.471 e. The molecule has 0 bridgehead atoms. The molecule has 5 atom stereocenters. The van der Waals surface area contributed by atoms with Crippen LogP contribution in [-0.4, -0.2) is 102 Å². The summed E-state index contributed by atoms with van der Waals surface area (Å²) in [6, 6.07) is 9.11. The highest BCUT2D eigenvalue weighted by Gasteiger charge is 2.61. The van der Waals surface area contributed by atoms with Crippen LogP contribution in [0.15, 0.2) is 53.9 Å². The number of allylic oxidation sites excluding steroid dienone is 1. The summed E-state index contributed by atoms with van der Waals surface area (Å²) in [4.78, 5) is 67.8. The first kappa shape index (κ1) is 38.7. The molecule has 2 aromatic heterocycles. The summed E-state index contributed by atoms with van der Waals surface area (Å²) >= 11 is 1.47. The smallest absolute Gasteiger partial charge is 0.408 e. The maximum Gasteiger partial charge on any atom is 0.408 e. The highest BCUT2D eigenvalue weighted by atomic mass is 32.2. The van der Waals surface area contributed by atoms with Crippen molar-refractivity contribution >= 4 is 56.4 Å². The van der Waals surface area contributed by atoms with Crippen LogP contribution in [0.5, 0.6) is 5.88 Å². The van der Waals surface area contributed by atoms with E-state index in [1.54, 1.807) is 0 Å². The summed E-state index contributed by atoms with van der Waals surface area (Å²) < 4.78 is 40.7.